The van der Waals surface area contributed by atoms with Gasteiger partial charge in [-0.1, -0.05) is 29.3 Å². The highest BCUT2D eigenvalue weighted by molar-refractivity contribution is 6.36. The molecule has 0 bridgehead atoms. The minimum Gasteiger partial charge on any atom is -0.480 e. The van der Waals surface area contributed by atoms with Crippen molar-refractivity contribution in [2.75, 3.05) is 0 Å². The number of hydrogen-bond donors (Lipinski definition) is 2. The van der Waals surface area contributed by atoms with E-state index in [0.717, 1.165) is 0 Å². The number of halogens is 2. The number of aliphatic carboxylic acids is 2. The number of carboxylic acid groups (broad SMARTS) is 2. The van der Waals surface area contributed by atoms with Crippen LogP contribution >= 0.6 is 23.2 Å². The van der Waals surface area contributed by atoms with Gasteiger partial charge >= 0.3 is 11.9 Å². The van der Waals surface area contributed by atoms with Crippen molar-refractivity contribution in [3.63, 3.8) is 0 Å². The molecule has 0 unspecified atom stereocenters. The summed E-state index contributed by atoms with van der Waals surface area (Å²) in [6.07, 6.45) is 0. The van der Waals surface area contributed by atoms with E-state index in [9.17, 15) is 9.59 Å². The quantitative estimate of drug-likeness (QED) is 0.857. The Hall–Kier alpha value is -2.28. The van der Waals surface area contributed by atoms with Gasteiger partial charge in [0.25, 0.3) is 0 Å². The Balaban J connectivity index is 3.60. The van der Waals surface area contributed by atoms with Gasteiger partial charge in [0.05, 0.1) is 12.1 Å². The SMILES string of the molecule is N#C[C@@H](C(=O)O)C(c1c(Cl)cccc1Cl)[C@@H](C#N)C(=O)O. The second-order valence-corrected chi connectivity index (χ2v) is 4.87. The molecule has 0 aliphatic carbocycles. The van der Waals surface area contributed by atoms with Crippen LogP contribution in [0.15, 0.2) is 18.2 Å². The number of rotatable bonds is 5. The molecule has 0 heterocycles. The fourth-order valence-corrected chi connectivity index (χ4v) is 2.58. The normalized spacial score (nSPS) is 13.0. The summed E-state index contributed by atoms with van der Waals surface area (Å²) in [5.41, 5.74) is -0.0382. The van der Waals surface area contributed by atoms with Crippen molar-refractivity contribution in [2.24, 2.45) is 11.8 Å². The molecule has 2 atom stereocenters. The van der Waals surface area contributed by atoms with E-state index >= 15 is 0 Å². The molecule has 1 aromatic carbocycles. The summed E-state index contributed by atoms with van der Waals surface area (Å²) < 4.78 is 0. The predicted octanol–water partition coefficient (Wildman–Crippen LogP) is 2.53. The molecule has 108 valence electrons. The largest absolute Gasteiger partial charge is 0.480 e. The lowest BCUT2D eigenvalue weighted by atomic mass is 9.77. The van der Waals surface area contributed by atoms with Gasteiger partial charge in [0.15, 0.2) is 11.8 Å². The number of carbonyl (C=O) groups is 2. The Labute approximate surface area is 129 Å². The monoisotopic (exact) mass is 326 g/mol. The van der Waals surface area contributed by atoms with Crippen molar-refractivity contribution in [3.8, 4) is 12.1 Å². The lowest BCUT2D eigenvalue weighted by molar-refractivity contribution is -0.143. The van der Waals surface area contributed by atoms with Gasteiger partial charge < -0.3 is 10.2 Å². The van der Waals surface area contributed by atoms with E-state index < -0.39 is 29.7 Å². The van der Waals surface area contributed by atoms with Crippen LogP contribution in [0.2, 0.25) is 10.0 Å². The zero-order valence-electron chi connectivity index (χ0n) is 10.3. The van der Waals surface area contributed by atoms with E-state index in [1.807, 2.05) is 0 Å². The maximum atomic E-state index is 11.2. The molecule has 0 aromatic heterocycles. The number of carboxylic acids is 2. The van der Waals surface area contributed by atoms with Crippen molar-refractivity contribution >= 4 is 35.1 Å². The molecule has 1 rings (SSSR count). The highest BCUT2D eigenvalue weighted by atomic mass is 35.5. The molecule has 8 heteroatoms. The first kappa shape index (κ1) is 16.8. The summed E-state index contributed by atoms with van der Waals surface area (Å²) in [6.45, 7) is 0. The van der Waals surface area contributed by atoms with Crippen LogP contribution in [0.4, 0.5) is 0 Å². The Bertz CT molecular complexity index is 611. The van der Waals surface area contributed by atoms with E-state index in [2.05, 4.69) is 0 Å². The first-order valence-electron chi connectivity index (χ1n) is 5.53. The first-order chi connectivity index (χ1) is 9.84. The van der Waals surface area contributed by atoms with Crippen LogP contribution in [0.3, 0.4) is 0 Å². The van der Waals surface area contributed by atoms with Crippen molar-refractivity contribution in [1.29, 1.82) is 10.5 Å². The number of benzene rings is 1. The predicted molar refractivity (Wildman–Crippen MR) is 72.7 cm³/mol. The number of nitriles is 2. The van der Waals surface area contributed by atoms with Crippen molar-refractivity contribution in [3.05, 3.63) is 33.8 Å². The van der Waals surface area contributed by atoms with Crippen molar-refractivity contribution in [1.82, 2.24) is 0 Å². The van der Waals surface area contributed by atoms with E-state index in [1.54, 1.807) is 0 Å². The zero-order chi connectivity index (χ0) is 16.2. The maximum Gasteiger partial charge on any atom is 0.321 e. The minimum atomic E-state index is -1.77. The molecule has 0 aliphatic heterocycles. The van der Waals surface area contributed by atoms with Gasteiger partial charge in [-0.15, -0.1) is 0 Å². The minimum absolute atomic E-state index is 0.00417. The molecule has 0 radical (unpaired) electrons. The highest BCUT2D eigenvalue weighted by Crippen LogP contribution is 2.40. The average Bonchev–Trinajstić information content (AvgIpc) is 2.38. The van der Waals surface area contributed by atoms with Gasteiger partial charge in [-0.3, -0.25) is 9.59 Å². The Kier molecular flexibility index (Phi) is 5.54. The van der Waals surface area contributed by atoms with Crippen LogP contribution in [-0.2, 0) is 9.59 Å². The molecule has 0 saturated carbocycles. The molecule has 2 N–H and O–H groups in total. The molecule has 6 nitrogen and oxygen atoms in total. The first-order valence-corrected chi connectivity index (χ1v) is 6.29. The van der Waals surface area contributed by atoms with Crippen LogP contribution < -0.4 is 0 Å². The van der Waals surface area contributed by atoms with E-state index in [4.69, 9.17) is 43.9 Å². The molecule has 0 amide bonds. The summed E-state index contributed by atoms with van der Waals surface area (Å²) in [5, 5.41) is 36.2. The summed E-state index contributed by atoms with van der Waals surface area (Å²) in [6, 6.07) is 7.22. The maximum absolute atomic E-state index is 11.2. The topological polar surface area (TPSA) is 122 Å². The molecule has 1 aromatic rings. The van der Waals surface area contributed by atoms with Gasteiger partial charge in [0.2, 0.25) is 0 Å². The second kappa shape index (κ2) is 6.94. The lowest BCUT2D eigenvalue weighted by Gasteiger charge is -2.23. The van der Waals surface area contributed by atoms with Gasteiger partial charge in [-0.25, -0.2) is 0 Å². The van der Waals surface area contributed by atoms with E-state index in [1.165, 1.54) is 30.3 Å². The number of nitrogens with zero attached hydrogens (tertiary/aromatic N) is 2. The van der Waals surface area contributed by atoms with Crippen molar-refractivity contribution < 1.29 is 19.8 Å². The molecular weight excluding hydrogens is 319 g/mol. The highest BCUT2D eigenvalue weighted by Gasteiger charge is 2.42. The summed E-state index contributed by atoms with van der Waals surface area (Å²) in [5.74, 6) is -8.15. The van der Waals surface area contributed by atoms with Gasteiger partial charge in [-0.2, -0.15) is 10.5 Å². The van der Waals surface area contributed by atoms with Crippen LogP contribution in [0.1, 0.15) is 11.5 Å². The van der Waals surface area contributed by atoms with Gasteiger partial charge in [-0.05, 0) is 17.7 Å². The molecule has 0 spiro atoms. The molecule has 0 fully saturated rings. The Morgan fingerprint density at radius 3 is 1.67 bits per heavy atom. The van der Waals surface area contributed by atoms with Gasteiger partial charge in [0.1, 0.15) is 0 Å². The van der Waals surface area contributed by atoms with Crippen LogP contribution in [0, 0.1) is 34.5 Å². The third-order valence-electron chi connectivity index (χ3n) is 2.86. The van der Waals surface area contributed by atoms with Gasteiger partial charge in [0, 0.05) is 16.0 Å². The average molecular weight is 327 g/mol. The van der Waals surface area contributed by atoms with Crippen LogP contribution in [-0.4, -0.2) is 22.2 Å². The fraction of sp³-hybridized carbons (Fsp3) is 0.231. The Morgan fingerprint density at radius 2 is 1.38 bits per heavy atom. The smallest absolute Gasteiger partial charge is 0.321 e. The summed E-state index contributed by atoms with van der Waals surface area (Å²) in [4.78, 5) is 22.4. The summed E-state index contributed by atoms with van der Waals surface area (Å²) >= 11 is 11.9. The standard InChI is InChI=1S/C13H8Cl2N2O4/c14-8-2-1-3-9(15)11(8)10(6(4-16)12(18)19)7(5-17)13(20)21/h1-3,6-7,10H,(H,18,19)(H,20,21)/t6-,7-/m1/s1. The van der Waals surface area contributed by atoms with E-state index in [-0.39, 0.29) is 15.6 Å². The molecule has 0 saturated heterocycles. The molecule has 21 heavy (non-hydrogen) atoms. The molecular formula is C13H8Cl2N2O4. The van der Waals surface area contributed by atoms with E-state index in [0.29, 0.717) is 0 Å². The lowest BCUT2D eigenvalue weighted by Crippen LogP contribution is -2.31. The number of hydrogen-bond acceptors (Lipinski definition) is 4. The third-order valence-corrected chi connectivity index (χ3v) is 3.52. The molecule has 0 aliphatic rings. The fourth-order valence-electron chi connectivity index (χ4n) is 1.93. The van der Waals surface area contributed by atoms with Crippen LogP contribution in [0.25, 0.3) is 0 Å². The van der Waals surface area contributed by atoms with Crippen LogP contribution in [0.5, 0.6) is 0 Å². The summed E-state index contributed by atoms with van der Waals surface area (Å²) in [7, 11) is 0. The Morgan fingerprint density at radius 1 is 1.00 bits per heavy atom. The zero-order valence-corrected chi connectivity index (χ0v) is 11.8. The van der Waals surface area contributed by atoms with Crippen molar-refractivity contribution in [2.45, 2.75) is 5.92 Å². The third kappa shape index (κ3) is 3.43. The second-order valence-electron chi connectivity index (χ2n) is 4.05.